The van der Waals surface area contributed by atoms with E-state index in [1.807, 2.05) is 9.30 Å². The molecule has 0 bridgehead atoms. The standard InChI is InChI=1S/C28H28F3N7O3/c1-41-14-9-22(39)37-12-2-3-19(16-37)26-36-23(24-25(32)34-11-13-38(24)26)17-4-6-18(7-5-17)27(40)35-21-15-20(8-10-33-21)28(29,30)31/h4-8,10-11,13,15,19H,2-3,9,12,14,16H2,1H3,(H2,32,34)(H,33,35,40)/t19-/m1/s1. The van der Waals surface area contributed by atoms with Crippen LogP contribution in [-0.2, 0) is 15.7 Å². The minimum absolute atomic E-state index is 0.0247. The molecule has 1 atom stereocenters. The summed E-state index contributed by atoms with van der Waals surface area (Å²) in [5.74, 6) is 0.227. The number of halogens is 3. The van der Waals surface area contributed by atoms with Crippen LogP contribution in [0.1, 0.15) is 46.9 Å². The van der Waals surface area contributed by atoms with Crippen LogP contribution in [0.5, 0.6) is 0 Å². The maximum Gasteiger partial charge on any atom is 0.416 e. The Bertz CT molecular complexity index is 1570. The van der Waals surface area contributed by atoms with E-state index in [4.69, 9.17) is 15.5 Å². The molecule has 4 aromatic rings. The van der Waals surface area contributed by atoms with E-state index in [0.717, 1.165) is 37.0 Å². The summed E-state index contributed by atoms with van der Waals surface area (Å²) in [4.78, 5) is 40.2. The fraction of sp³-hybridized carbons (Fsp3) is 0.321. The van der Waals surface area contributed by atoms with Crippen LogP contribution in [0.4, 0.5) is 24.8 Å². The van der Waals surface area contributed by atoms with Gasteiger partial charge in [-0.1, -0.05) is 12.1 Å². The number of alkyl halides is 3. The molecule has 1 fully saturated rings. The molecule has 3 N–H and O–H groups in total. The number of nitrogens with zero attached hydrogens (tertiary/aromatic N) is 5. The third-order valence-corrected chi connectivity index (χ3v) is 7.02. The molecule has 13 heteroatoms. The number of ether oxygens (including phenoxy) is 1. The Morgan fingerprint density at radius 1 is 1.15 bits per heavy atom. The second kappa shape index (κ2) is 11.5. The molecule has 0 spiro atoms. The number of hydrogen-bond donors (Lipinski definition) is 2. The number of hydrogen-bond acceptors (Lipinski definition) is 7. The molecule has 214 valence electrons. The lowest BCUT2D eigenvalue weighted by Crippen LogP contribution is -2.39. The molecule has 0 unspecified atom stereocenters. The number of benzene rings is 1. The van der Waals surface area contributed by atoms with Gasteiger partial charge in [0.15, 0.2) is 0 Å². The number of piperidine rings is 1. The summed E-state index contributed by atoms with van der Waals surface area (Å²) in [6.07, 6.45) is 1.81. The smallest absolute Gasteiger partial charge is 0.384 e. The Morgan fingerprint density at radius 2 is 1.93 bits per heavy atom. The number of carbonyl (C=O) groups excluding carboxylic acids is 2. The maximum atomic E-state index is 13.0. The molecule has 3 aromatic heterocycles. The molecular weight excluding hydrogens is 539 g/mol. The lowest BCUT2D eigenvalue weighted by Gasteiger charge is -2.32. The van der Waals surface area contributed by atoms with Crippen molar-refractivity contribution in [3.8, 4) is 11.3 Å². The van der Waals surface area contributed by atoms with Gasteiger partial charge in [-0.3, -0.25) is 14.0 Å². The predicted molar refractivity (Wildman–Crippen MR) is 145 cm³/mol. The van der Waals surface area contributed by atoms with Crippen LogP contribution in [0, 0.1) is 0 Å². The SMILES string of the molecule is COCCC(=O)N1CCC[C@@H](c2nc(-c3ccc(C(=O)Nc4cc(C(F)(F)F)ccn4)cc3)c3c(N)nccn23)C1. The first kappa shape index (κ1) is 28.0. The topological polar surface area (TPSA) is 128 Å². The molecule has 1 aromatic carbocycles. The molecule has 0 radical (unpaired) electrons. The molecule has 5 rings (SSSR count). The quantitative estimate of drug-likeness (QED) is 0.339. The van der Waals surface area contributed by atoms with E-state index in [9.17, 15) is 22.8 Å². The Hall–Kier alpha value is -4.52. The number of rotatable bonds is 7. The minimum Gasteiger partial charge on any atom is -0.384 e. The van der Waals surface area contributed by atoms with Crippen molar-refractivity contribution in [3.63, 3.8) is 0 Å². The van der Waals surface area contributed by atoms with Gasteiger partial charge in [-0.2, -0.15) is 13.2 Å². The molecule has 1 aliphatic heterocycles. The van der Waals surface area contributed by atoms with Crippen molar-refractivity contribution in [2.45, 2.75) is 31.4 Å². The van der Waals surface area contributed by atoms with Gasteiger partial charge in [-0.25, -0.2) is 15.0 Å². The van der Waals surface area contributed by atoms with E-state index >= 15 is 0 Å². The zero-order valence-electron chi connectivity index (χ0n) is 22.2. The monoisotopic (exact) mass is 567 g/mol. The van der Waals surface area contributed by atoms with E-state index in [-0.39, 0.29) is 29.0 Å². The fourth-order valence-electron chi connectivity index (χ4n) is 4.98. The first-order valence-corrected chi connectivity index (χ1v) is 13.0. The van der Waals surface area contributed by atoms with Gasteiger partial charge >= 0.3 is 6.18 Å². The second-order valence-corrected chi connectivity index (χ2v) is 9.73. The number of fused-ring (bicyclic) bond motifs is 1. The largest absolute Gasteiger partial charge is 0.416 e. The van der Waals surface area contributed by atoms with Gasteiger partial charge in [0.05, 0.1) is 18.6 Å². The second-order valence-electron chi connectivity index (χ2n) is 9.73. The summed E-state index contributed by atoms with van der Waals surface area (Å²) in [6, 6.07) is 8.08. The summed E-state index contributed by atoms with van der Waals surface area (Å²) in [5.41, 5.74) is 7.43. The number of anilines is 2. The van der Waals surface area contributed by atoms with Gasteiger partial charge in [0, 0.05) is 55.8 Å². The Labute approximate surface area is 233 Å². The Kier molecular flexibility index (Phi) is 7.88. The highest BCUT2D eigenvalue weighted by Crippen LogP contribution is 2.34. The zero-order valence-corrected chi connectivity index (χ0v) is 22.2. The van der Waals surface area contributed by atoms with Crippen LogP contribution >= 0.6 is 0 Å². The highest BCUT2D eigenvalue weighted by atomic mass is 19.4. The van der Waals surface area contributed by atoms with Crippen molar-refractivity contribution in [2.24, 2.45) is 0 Å². The first-order valence-electron chi connectivity index (χ1n) is 13.0. The lowest BCUT2D eigenvalue weighted by atomic mass is 9.97. The number of likely N-dealkylation sites (tertiary alicyclic amines) is 1. The summed E-state index contributed by atoms with van der Waals surface area (Å²) in [5, 5.41) is 2.40. The van der Waals surface area contributed by atoms with Crippen molar-refractivity contribution in [2.75, 3.05) is 37.9 Å². The predicted octanol–water partition coefficient (Wildman–Crippen LogP) is 4.39. The first-order chi connectivity index (χ1) is 19.7. The van der Waals surface area contributed by atoms with E-state index < -0.39 is 17.6 Å². The lowest BCUT2D eigenvalue weighted by molar-refractivity contribution is -0.137. The average Bonchev–Trinajstić information content (AvgIpc) is 3.37. The van der Waals surface area contributed by atoms with Crippen molar-refractivity contribution in [1.82, 2.24) is 24.3 Å². The van der Waals surface area contributed by atoms with Gasteiger partial charge in [0.1, 0.15) is 28.7 Å². The third-order valence-electron chi connectivity index (χ3n) is 7.02. The number of carbonyl (C=O) groups is 2. The van der Waals surface area contributed by atoms with Crippen LogP contribution < -0.4 is 11.1 Å². The van der Waals surface area contributed by atoms with Crippen molar-refractivity contribution in [1.29, 1.82) is 0 Å². The molecule has 41 heavy (non-hydrogen) atoms. The Morgan fingerprint density at radius 3 is 2.66 bits per heavy atom. The van der Waals surface area contributed by atoms with E-state index in [2.05, 4.69) is 15.3 Å². The fourth-order valence-corrected chi connectivity index (χ4v) is 4.98. The minimum atomic E-state index is -4.55. The molecule has 1 saturated heterocycles. The van der Waals surface area contributed by atoms with E-state index in [1.54, 1.807) is 43.8 Å². The van der Waals surface area contributed by atoms with Crippen molar-refractivity contribution in [3.05, 3.63) is 71.9 Å². The number of pyridine rings is 1. The van der Waals surface area contributed by atoms with Gasteiger partial charge in [-0.05, 0) is 37.1 Å². The van der Waals surface area contributed by atoms with Crippen molar-refractivity contribution < 1.29 is 27.5 Å². The number of aromatic nitrogens is 4. The number of imidazole rings is 1. The molecular formula is C28H28F3N7O3. The maximum absolute atomic E-state index is 13.0. The van der Waals surface area contributed by atoms with Crippen LogP contribution in [0.25, 0.3) is 16.8 Å². The molecule has 4 heterocycles. The summed E-state index contributed by atoms with van der Waals surface area (Å²) in [6.45, 7) is 1.56. The van der Waals surface area contributed by atoms with E-state index in [0.29, 0.717) is 42.9 Å². The van der Waals surface area contributed by atoms with Crippen LogP contribution in [0.3, 0.4) is 0 Å². The number of nitrogen functional groups attached to an aromatic ring is 1. The highest BCUT2D eigenvalue weighted by Gasteiger charge is 2.31. The van der Waals surface area contributed by atoms with Crippen LogP contribution in [-0.4, -0.2) is 62.9 Å². The number of nitrogens with one attached hydrogen (secondary N) is 1. The van der Waals surface area contributed by atoms with E-state index in [1.165, 1.54) is 0 Å². The number of amides is 2. The van der Waals surface area contributed by atoms with Gasteiger partial charge in [0.25, 0.3) is 5.91 Å². The average molecular weight is 568 g/mol. The summed E-state index contributed by atoms with van der Waals surface area (Å²) < 4.78 is 46.0. The number of methoxy groups -OCH3 is 1. The Balaban J connectivity index is 1.40. The van der Waals surface area contributed by atoms with Gasteiger partial charge in [0.2, 0.25) is 5.91 Å². The summed E-state index contributed by atoms with van der Waals surface area (Å²) in [7, 11) is 1.56. The molecule has 0 aliphatic carbocycles. The zero-order chi connectivity index (χ0) is 29.1. The van der Waals surface area contributed by atoms with Crippen molar-refractivity contribution >= 4 is 29.0 Å². The van der Waals surface area contributed by atoms with Crippen LogP contribution in [0.2, 0.25) is 0 Å². The summed E-state index contributed by atoms with van der Waals surface area (Å²) >= 11 is 0. The van der Waals surface area contributed by atoms with Gasteiger partial charge in [-0.15, -0.1) is 0 Å². The highest BCUT2D eigenvalue weighted by molar-refractivity contribution is 6.04. The molecule has 1 aliphatic rings. The molecule has 10 nitrogen and oxygen atoms in total. The van der Waals surface area contributed by atoms with Gasteiger partial charge < -0.3 is 20.7 Å². The number of nitrogens with two attached hydrogens (primary N) is 1. The third kappa shape index (κ3) is 5.99. The van der Waals surface area contributed by atoms with Crippen LogP contribution in [0.15, 0.2) is 55.0 Å². The molecule has 0 saturated carbocycles. The normalized spacial score (nSPS) is 15.7. The molecule has 2 amide bonds.